The summed E-state index contributed by atoms with van der Waals surface area (Å²) in [6.45, 7) is 4.02. The molecule has 1 aromatic rings. The van der Waals surface area contributed by atoms with Gasteiger partial charge in [0, 0.05) is 19.6 Å². The first-order valence-electron chi connectivity index (χ1n) is 7.62. The summed E-state index contributed by atoms with van der Waals surface area (Å²) in [6, 6.07) is 0. The lowest BCUT2D eigenvalue weighted by molar-refractivity contribution is -0.0796. The zero-order valence-electron chi connectivity index (χ0n) is 11.9. The number of morpholine rings is 1. The van der Waals surface area contributed by atoms with Gasteiger partial charge in [0.2, 0.25) is 0 Å². The van der Waals surface area contributed by atoms with Crippen LogP contribution in [0.2, 0.25) is 0 Å². The lowest BCUT2D eigenvalue weighted by atomic mass is 9.84. The quantitative estimate of drug-likeness (QED) is 0.878. The Kier molecular flexibility index (Phi) is 4.33. The predicted octanol–water partition coefficient (Wildman–Crippen LogP) is 0.674. The van der Waals surface area contributed by atoms with Gasteiger partial charge in [0.05, 0.1) is 24.9 Å². The molecule has 1 saturated carbocycles. The average Bonchev–Trinajstić information content (AvgIpc) is 2.92. The molecule has 1 saturated heterocycles. The summed E-state index contributed by atoms with van der Waals surface area (Å²) in [5, 5.41) is 14.8. The van der Waals surface area contributed by atoms with Gasteiger partial charge in [-0.25, -0.2) is 4.98 Å². The molecule has 3 rings (SSSR count). The number of aromatic nitrogens is 3. The molecule has 0 unspecified atom stereocenters. The van der Waals surface area contributed by atoms with Gasteiger partial charge in [-0.3, -0.25) is 9.58 Å². The van der Waals surface area contributed by atoms with Crippen molar-refractivity contribution in [3.8, 4) is 0 Å². The molecule has 0 spiro atoms. The van der Waals surface area contributed by atoms with Gasteiger partial charge in [-0.15, -0.1) is 0 Å². The molecular formula is C14H24N4O2. The van der Waals surface area contributed by atoms with E-state index >= 15 is 0 Å². The molecular weight excluding hydrogens is 256 g/mol. The van der Waals surface area contributed by atoms with Crippen molar-refractivity contribution in [2.24, 2.45) is 0 Å². The van der Waals surface area contributed by atoms with E-state index < -0.39 is 5.60 Å². The van der Waals surface area contributed by atoms with Gasteiger partial charge < -0.3 is 9.84 Å². The molecule has 2 fully saturated rings. The largest absolute Gasteiger partial charge is 0.389 e. The van der Waals surface area contributed by atoms with Crippen LogP contribution in [0.1, 0.15) is 32.1 Å². The number of hydrogen-bond donors (Lipinski definition) is 1. The minimum absolute atomic E-state index is 0.137. The van der Waals surface area contributed by atoms with Crippen LogP contribution in [0.3, 0.4) is 0 Å². The molecule has 1 aliphatic carbocycles. The summed E-state index contributed by atoms with van der Waals surface area (Å²) in [5.41, 5.74) is -0.479. The average molecular weight is 280 g/mol. The van der Waals surface area contributed by atoms with Gasteiger partial charge in [-0.1, -0.05) is 19.3 Å². The topological polar surface area (TPSA) is 63.4 Å². The van der Waals surface area contributed by atoms with Crippen LogP contribution >= 0.6 is 0 Å². The Morgan fingerprint density at radius 2 is 2.15 bits per heavy atom. The summed E-state index contributed by atoms with van der Waals surface area (Å²) in [4.78, 5) is 6.30. The van der Waals surface area contributed by atoms with Crippen LogP contribution in [0.25, 0.3) is 0 Å². The fraction of sp³-hybridized carbons (Fsp3) is 0.857. The molecule has 1 aromatic heterocycles. The van der Waals surface area contributed by atoms with E-state index in [4.69, 9.17) is 4.74 Å². The third kappa shape index (κ3) is 3.56. The van der Waals surface area contributed by atoms with E-state index in [0.717, 1.165) is 58.5 Å². The van der Waals surface area contributed by atoms with Crippen LogP contribution in [0.5, 0.6) is 0 Å². The number of aliphatic hydroxyl groups is 1. The highest BCUT2D eigenvalue weighted by Crippen LogP contribution is 2.29. The van der Waals surface area contributed by atoms with E-state index in [1.807, 2.05) is 4.68 Å². The second-order valence-corrected chi connectivity index (χ2v) is 6.13. The summed E-state index contributed by atoms with van der Waals surface area (Å²) >= 11 is 0. The Bertz CT molecular complexity index is 403. The molecule has 0 radical (unpaired) electrons. The number of nitrogens with zero attached hydrogens (tertiary/aromatic N) is 4. The molecule has 6 nitrogen and oxygen atoms in total. The highest BCUT2D eigenvalue weighted by molar-refractivity contribution is 4.87. The van der Waals surface area contributed by atoms with Gasteiger partial charge in [0.1, 0.15) is 12.7 Å². The standard InChI is InChI=1S/C14H24N4O2/c19-14(4-2-1-3-5-14)10-17-6-7-20-13(8-17)9-18-12-15-11-16-18/h11-13,19H,1-10H2/t13-/m0/s1. The molecule has 1 atom stereocenters. The molecule has 1 aliphatic heterocycles. The Labute approximate surface area is 119 Å². The Morgan fingerprint density at radius 1 is 1.30 bits per heavy atom. The Balaban J connectivity index is 1.52. The van der Waals surface area contributed by atoms with E-state index in [-0.39, 0.29) is 6.10 Å². The van der Waals surface area contributed by atoms with Crippen molar-refractivity contribution >= 4 is 0 Å². The van der Waals surface area contributed by atoms with Crippen molar-refractivity contribution in [2.45, 2.75) is 50.4 Å². The number of rotatable bonds is 4. The molecule has 112 valence electrons. The van der Waals surface area contributed by atoms with Crippen molar-refractivity contribution in [1.29, 1.82) is 0 Å². The van der Waals surface area contributed by atoms with Crippen LogP contribution < -0.4 is 0 Å². The van der Waals surface area contributed by atoms with Gasteiger partial charge in [0.25, 0.3) is 0 Å². The van der Waals surface area contributed by atoms with Crippen LogP contribution in [0, 0.1) is 0 Å². The zero-order valence-corrected chi connectivity index (χ0v) is 11.9. The van der Waals surface area contributed by atoms with Crippen molar-refractivity contribution in [3.63, 3.8) is 0 Å². The molecule has 0 aromatic carbocycles. The lowest BCUT2D eigenvalue weighted by Gasteiger charge is -2.40. The van der Waals surface area contributed by atoms with Gasteiger partial charge in [-0.05, 0) is 12.8 Å². The minimum atomic E-state index is -0.479. The van der Waals surface area contributed by atoms with E-state index in [1.54, 1.807) is 12.7 Å². The highest BCUT2D eigenvalue weighted by atomic mass is 16.5. The van der Waals surface area contributed by atoms with E-state index in [0.29, 0.717) is 0 Å². The highest BCUT2D eigenvalue weighted by Gasteiger charge is 2.33. The molecule has 1 N–H and O–H groups in total. The van der Waals surface area contributed by atoms with E-state index in [2.05, 4.69) is 15.0 Å². The predicted molar refractivity (Wildman–Crippen MR) is 74.2 cm³/mol. The second-order valence-electron chi connectivity index (χ2n) is 6.13. The van der Waals surface area contributed by atoms with Crippen molar-refractivity contribution in [3.05, 3.63) is 12.7 Å². The van der Waals surface area contributed by atoms with E-state index in [9.17, 15) is 5.11 Å². The lowest BCUT2D eigenvalue weighted by Crippen LogP contribution is -2.51. The fourth-order valence-electron chi connectivity index (χ4n) is 3.35. The number of hydrogen-bond acceptors (Lipinski definition) is 5. The van der Waals surface area contributed by atoms with Crippen LogP contribution in [0.15, 0.2) is 12.7 Å². The zero-order chi connectivity index (χ0) is 13.8. The fourth-order valence-corrected chi connectivity index (χ4v) is 3.35. The molecule has 20 heavy (non-hydrogen) atoms. The monoisotopic (exact) mass is 280 g/mol. The first-order chi connectivity index (χ1) is 9.73. The van der Waals surface area contributed by atoms with Gasteiger partial charge in [-0.2, -0.15) is 5.10 Å². The summed E-state index contributed by atoms with van der Waals surface area (Å²) in [7, 11) is 0. The number of β-amino-alcohol motifs (C(OH)–C–C–N with tert-alkyl or cyclic N) is 1. The van der Waals surface area contributed by atoms with Crippen LogP contribution in [0.4, 0.5) is 0 Å². The summed E-state index contributed by atoms with van der Waals surface area (Å²) in [6.07, 6.45) is 8.86. The maximum absolute atomic E-state index is 10.7. The Hall–Kier alpha value is -0.980. The maximum Gasteiger partial charge on any atom is 0.137 e. The first-order valence-corrected chi connectivity index (χ1v) is 7.62. The van der Waals surface area contributed by atoms with Gasteiger partial charge in [0.15, 0.2) is 0 Å². The summed E-state index contributed by atoms with van der Waals surface area (Å²) in [5.74, 6) is 0. The van der Waals surface area contributed by atoms with E-state index in [1.165, 1.54) is 6.42 Å². The van der Waals surface area contributed by atoms with Crippen LogP contribution in [-0.2, 0) is 11.3 Å². The third-order valence-electron chi connectivity index (χ3n) is 4.38. The molecule has 0 bridgehead atoms. The minimum Gasteiger partial charge on any atom is -0.389 e. The Morgan fingerprint density at radius 3 is 2.90 bits per heavy atom. The first kappa shape index (κ1) is 14.0. The van der Waals surface area contributed by atoms with Crippen molar-refractivity contribution < 1.29 is 9.84 Å². The molecule has 0 amide bonds. The number of ether oxygens (including phenoxy) is 1. The second kappa shape index (κ2) is 6.20. The van der Waals surface area contributed by atoms with Crippen molar-refractivity contribution in [1.82, 2.24) is 19.7 Å². The SMILES string of the molecule is OC1(CN2CCO[C@H](Cn3cncn3)C2)CCCCC1. The summed E-state index contributed by atoms with van der Waals surface area (Å²) < 4.78 is 7.60. The maximum atomic E-state index is 10.7. The molecule has 2 heterocycles. The smallest absolute Gasteiger partial charge is 0.137 e. The normalized spacial score (nSPS) is 27.6. The third-order valence-corrected chi connectivity index (χ3v) is 4.38. The van der Waals surface area contributed by atoms with Gasteiger partial charge >= 0.3 is 0 Å². The van der Waals surface area contributed by atoms with Crippen LogP contribution in [-0.4, -0.2) is 62.7 Å². The molecule has 6 heteroatoms. The van der Waals surface area contributed by atoms with Crippen molar-refractivity contribution in [2.75, 3.05) is 26.2 Å². The molecule has 2 aliphatic rings.